The zero-order chi connectivity index (χ0) is 40.6. The van der Waals surface area contributed by atoms with Gasteiger partial charge in [0.15, 0.2) is 0 Å². The first kappa shape index (κ1) is 36.3. The summed E-state index contributed by atoms with van der Waals surface area (Å²) in [6.07, 6.45) is 0. The number of hydrogen-bond donors (Lipinski definition) is 4. The van der Waals surface area contributed by atoms with Gasteiger partial charge < -0.3 is 29.6 Å². The zero-order valence-corrected chi connectivity index (χ0v) is 32.1. The number of carboxylic acids is 2. The summed E-state index contributed by atoms with van der Waals surface area (Å²) < 4.78 is 3.94. The third-order valence-electron chi connectivity index (χ3n) is 10.6. The van der Waals surface area contributed by atoms with Crippen LogP contribution in [0, 0.1) is 11.8 Å². The van der Waals surface area contributed by atoms with Gasteiger partial charge >= 0.3 is 11.9 Å². The van der Waals surface area contributed by atoms with Gasteiger partial charge in [-0.25, -0.2) is 19.6 Å². The van der Waals surface area contributed by atoms with E-state index in [9.17, 15) is 30.0 Å². The molecular formula is C46H38N6O6. The summed E-state index contributed by atoms with van der Waals surface area (Å²) in [6, 6.07) is 28.6. The average Bonchev–Trinajstić information content (AvgIpc) is 3.71. The molecule has 0 aliphatic rings. The first-order valence-electron chi connectivity index (χ1n) is 19.0. The molecule has 0 aliphatic heterocycles. The molecule has 4 N–H and O–H groups in total. The van der Waals surface area contributed by atoms with Crippen LogP contribution in [-0.2, 0) is 13.1 Å². The number of aromatic nitrogens is 4. The number of hydrogen-bond acceptors (Lipinski definition) is 6. The average molecular weight is 771 g/mol. The zero-order valence-electron chi connectivity index (χ0n) is 32.1. The Bertz CT molecular complexity index is 3020. The van der Waals surface area contributed by atoms with Crippen LogP contribution in [0.2, 0.25) is 0 Å². The van der Waals surface area contributed by atoms with E-state index >= 15 is 0 Å². The lowest BCUT2D eigenvalue weighted by molar-refractivity contribution is 0.0695. The Hall–Kier alpha value is -7.34. The summed E-state index contributed by atoms with van der Waals surface area (Å²) in [6.45, 7) is 9.57. The molecule has 9 rings (SSSR count). The highest BCUT2D eigenvalue weighted by molar-refractivity contribution is 6.38. The molecule has 0 bridgehead atoms. The van der Waals surface area contributed by atoms with Crippen molar-refractivity contribution in [3.63, 3.8) is 0 Å². The van der Waals surface area contributed by atoms with Crippen molar-refractivity contribution in [1.82, 2.24) is 19.1 Å². The van der Waals surface area contributed by atoms with Crippen molar-refractivity contribution in [3.8, 4) is 0 Å². The summed E-state index contributed by atoms with van der Waals surface area (Å²) in [5.41, 5.74) is 3.53. The predicted octanol–water partition coefficient (Wildman–Crippen LogP) is 10.4. The van der Waals surface area contributed by atoms with Gasteiger partial charge in [-0.2, -0.15) is 9.98 Å². The van der Waals surface area contributed by atoms with Crippen LogP contribution in [-0.4, -0.2) is 63.3 Å². The van der Waals surface area contributed by atoms with Crippen molar-refractivity contribution in [1.29, 1.82) is 0 Å². The standard InChI is InChI=1S/C46H38N6O6/c1-23(2)21-51-35-11-7-5-9-33(35)47-45(51)49-41(53)29-17-13-25-27-15-19-31(43(55)56)40-32(44(57)58)20-16-28(38(27)40)26-14-18-30(39(29)37(25)26)42(54)50-46-48-34-10-6-8-12-36(34)52(46)22-24(3)4/h5-20,23-24H,21-22H2,1-4H3,(H,55,56)(H,57,58)(H,47,49,53)(H,48,50,54). The van der Waals surface area contributed by atoms with Crippen LogP contribution in [0.4, 0.5) is 11.9 Å². The number of aromatic carboxylic acids is 2. The topological polar surface area (TPSA) is 175 Å². The molecule has 288 valence electrons. The number of aliphatic imine (C=N–C) groups is 2. The molecule has 0 atom stereocenters. The third-order valence-corrected chi connectivity index (χ3v) is 10.6. The van der Waals surface area contributed by atoms with E-state index in [0.717, 1.165) is 22.1 Å². The number of imidazole rings is 2. The van der Waals surface area contributed by atoms with Crippen molar-refractivity contribution >= 4 is 101 Å². The minimum absolute atomic E-state index is 0.115. The lowest BCUT2D eigenvalue weighted by Crippen LogP contribution is -2.09. The fourth-order valence-corrected chi connectivity index (χ4v) is 8.31. The molecule has 0 radical (unpaired) electrons. The summed E-state index contributed by atoms with van der Waals surface area (Å²) in [7, 11) is 0. The second-order valence-electron chi connectivity index (χ2n) is 15.4. The summed E-state index contributed by atoms with van der Waals surface area (Å²) in [5, 5.41) is 48.8. The van der Waals surface area contributed by atoms with E-state index in [0.29, 0.717) is 73.8 Å². The lowest BCUT2D eigenvalue weighted by Gasteiger charge is -2.19. The molecule has 0 fully saturated rings. The molecule has 0 unspecified atom stereocenters. The molecule has 0 aliphatic carbocycles. The minimum Gasteiger partial charge on any atom is -0.493 e. The Labute approximate surface area is 331 Å². The molecule has 0 spiro atoms. The third kappa shape index (κ3) is 5.75. The van der Waals surface area contributed by atoms with E-state index in [-0.39, 0.29) is 40.1 Å². The fraction of sp³-hybridized carbons (Fsp3) is 0.174. The number of carbonyl (C=O) groups is 2. The molecule has 12 heteroatoms. The number of benzene rings is 7. The van der Waals surface area contributed by atoms with E-state index in [1.54, 1.807) is 36.4 Å². The Morgan fingerprint density at radius 2 is 0.845 bits per heavy atom. The number of fused-ring (bicyclic) bond motifs is 4. The highest BCUT2D eigenvalue weighted by Crippen LogP contribution is 2.44. The maximum atomic E-state index is 12.5. The van der Waals surface area contributed by atoms with Crippen LogP contribution in [0.5, 0.6) is 0 Å². The monoisotopic (exact) mass is 770 g/mol. The number of aliphatic hydroxyl groups excluding tert-OH is 2. The van der Waals surface area contributed by atoms with Crippen LogP contribution in [0.25, 0.3) is 65.2 Å². The first-order valence-corrected chi connectivity index (χ1v) is 19.0. The summed E-state index contributed by atoms with van der Waals surface area (Å²) >= 11 is 0. The normalized spacial score (nSPS) is 12.9. The van der Waals surface area contributed by atoms with E-state index in [2.05, 4.69) is 27.7 Å². The summed E-state index contributed by atoms with van der Waals surface area (Å²) in [5.74, 6) is -2.06. The van der Waals surface area contributed by atoms with Crippen molar-refractivity contribution in [2.45, 2.75) is 40.8 Å². The summed E-state index contributed by atoms with van der Waals surface area (Å²) in [4.78, 5) is 44.0. The van der Waals surface area contributed by atoms with Gasteiger partial charge in [-0.3, -0.25) is 0 Å². The van der Waals surface area contributed by atoms with Crippen LogP contribution < -0.4 is 0 Å². The van der Waals surface area contributed by atoms with Gasteiger partial charge in [0.1, 0.15) is 0 Å². The molecule has 58 heavy (non-hydrogen) atoms. The fourth-order valence-electron chi connectivity index (χ4n) is 8.31. The lowest BCUT2D eigenvalue weighted by atomic mass is 9.84. The SMILES string of the molecule is CC(C)Cn1c(N=C(O)c2ccc3c4ccc(C(=O)O)c5c(C(=O)O)ccc(c6ccc(C(O)=Nc7nc8ccccc8n7CC(C)C)c2c36)c54)nc2ccccc21. The Morgan fingerprint density at radius 3 is 1.21 bits per heavy atom. The van der Waals surface area contributed by atoms with Gasteiger partial charge in [0.2, 0.25) is 23.7 Å². The molecule has 7 aromatic carbocycles. The number of rotatable bonds is 10. The van der Waals surface area contributed by atoms with Crippen LogP contribution in [0.1, 0.15) is 59.5 Å². The molecule has 0 saturated carbocycles. The van der Waals surface area contributed by atoms with Gasteiger partial charge in [0.05, 0.1) is 33.2 Å². The second kappa shape index (κ2) is 13.7. The quantitative estimate of drug-likeness (QED) is 0.0460. The van der Waals surface area contributed by atoms with E-state index in [1.807, 2.05) is 57.7 Å². The molecular weight excluding hydrogens is 733 g/mol. The van der Waals surface area contributed by atoms with Crippen molar-refractivity contribution in [3.05, 3.63) is 119 Å². The van der Waals surface area contributed by atoms with Gasteiger partial charge in [-0.05, 0) is 92.7 Å². The Balaban J connectivity index is 1.38. The largest absolute Gasteiger partial charge is 0.493 e. The molecule has 0 amide bonds. The second-order valence-corrected chi connectivity index (χ2v) is 15.4. The van der Waals surface area contributed by atoms with Crippen molar-refractivity contribution < 1.29 is 30.0 Å². The molecule has 0 saturated heterocycles. The first-order chi connectivity index (χ1) is 27.9. The van der Waals surface area contributed by atoms with Gasteiger partial charge in [-0.15, -0.1) is 0 Å². The number of aliphatic hydroxyl groups is 2. The Kier molecular flexibility index (Phi) is 8.57. The maximum Gasteiger partial charge on any atom is 0.336 e. The predicted molar refractivity (Wildman–Crippen MR) is 228 cm³/mol. The minimum atomic E-state index is -1.25. The van der Waals surface area contributed by atoms with Crippen LogP contribution >= 0.6 is 0 Å². The Morgan fingerprint density at radius 1 is 0.500 bits per heavy atom. The van der Waals surface area contributed by atoms with E-state index in [4.69, 9.17) is 20.0 Å². The molecule has 2 aromatic heterocycles. The van der Waals surface area contributed by atoms with Crippen LogP contribution in [0.3, 0.4) is 0 Å². The molecule has 9 aromatic rings. The number of para-hydroxylation sites is 4. The number of carboxylic acid groups (broad SMARTS) is 2. The highest BCUT2D eigenvalue weighted by Gasteiger charge is 2.26. The van der Waals surface area contributed by atoms with E-state index < -0.39 is 11.9 Å². The molecule has 12 nitrogen and oxygen atoms in total. The van der Waals surface area contributed by atoms with Gasteiger partial charge in [0.25, 0.3) is 0 Å². The highest BCUT2D eigenvalue weighted by atomic mass is 16.4. The van der Waals surface area contributed by atoms with Crippen LogP contribution in [0.15, 0.2) is 107 Å². The maximum absolute atomic E-state index is 12.5. The van der Waals surface area contributed by atoms with Gasteiger partial charge in [-0.1, -0.05) is 76.2 Å². The van der Waals surface area contributed by atoms with Gasteiger partial charge in [0, 0.05) is 35.0 Å². The smallest absolute Gasteiger partial charge is 0.336 e. The van der Waals surface area contributed by atoms with E-state index in [1.165, 1.54) is 12.1 Å². The van der Waals surface area contributed by atoms with Crippen molar-refractivity contribution in [2.75, 3.05) is 0 Å². The van der Waals surface area contributed by atoms with Crippen molar-refractivity contribution in [2.24, 2.45) is 21.8 Å². The number of nitrogens with zero attached hydrogens (tertiary/aromatic N) is 6. The molecule has 2 heterocycles.